The quantitative estimate of drug-likeness (QED) is 0.361. The molecule has 1 aliphatic rings. The van der Waals surface area contributed by atoms with Crippen LogP contribution in [0.25, 0.3) is 5.57 Å². The molecule has 0 fully saturated rings. The van der Waals surface area contributed by atoms with Crippen LogP contribution in [0.5, 0.6) is 0 Å². The topological polar surface area (TPSA) is 32.3 Å². The van der Waals surface area contributed by atoms with Crippen molar-refractivity contribution >= 4 is 50.3 Å². The Morgan fingerprint density at radius 1 is 1.19 bits per heavy atom. The Labute approximate surface area is 197 Å². The Hall–Kier alpha value is -2.18. The molecule has 0 aliphatic carbocycles. The van der Waals surface area contributed by atoms with Gasteiger partial charge in [-0.3, -0.25) is 0 Å². The molecular weight excluding hydrogens is 468 g/mol. The lowest BCUT2D eigenvalue weighted by molar-refractivity contribution is 0.806. The van der Waals surface area contributed by atoms with Crippen molar-refractivity contribution in [2.24, 2.45) is 0 Å². The SMILES string of the molecule is CCN(c1nc(C)cc(N2CC=C(c3cccs3)CC2)n1)c1ccc(C(C)C)cc1Br. The van der Waals surface area contributed by atoms with Gasteiger partial charge in [0.05, 0.1) is 5.69 Å². The van der Waals surface area contributed by atoms with Crippen LogP contribution in [0.3, 0.4) is 0 Å². The van der Waals surface area contributed by atoms with Crippen molar-refractivity contribution in [3.05, 3.63) is 68.5 Å². The third-order valence-electron chi connectivity index (χ3n) is 5.69. The van der Waals surface area contributed by atoms with Gasteiger partial charge in [0, 0.05) is 40.7 Å². The first-order valence-electron chi connectivity index (χ1n) is 10.9. The lowest BCUT2D eigenvalue weighted by Crippen LogP contribution is -2.30. The van der Waals surface area contributed by atoms with E-state index in [4.69, 9.17) is 9.97 Å². The van der Waals surface area contributed by atoms with Crippen LogP contribution in [0.15, 0.2) is 52.3 Å². The molecule has 3 aromatic rings. The summed E-state index contributed by atoms with van der Waals surface area (Å²) in [5.74, 6) is 2.24. The number of rotatable bonds is 6. The van der Waals surface area contributed by atoms with Gasteiger partial charge in [0.1, 0.15) is 5.82 Å². The third kappa shape index (κ3) is 4.85. The molecule has 0 radical (unpaired) electrons. The van der Waals surface area contributed by atoms with Crippen LogP contribution in [-0.2, 0) is 0 Å². The zero-order valence-corrected chi connectivity index (χ0v) is 21.0. The number of hydrogen-bond acceptors (Lipinski definition) is 5. The lowest BCUT2D eigenvalue weighted by Gasteiger charge is -2.29. The first kappa shape index (κ1) is 22.0. The van der Waals surface area contributed by atoms with Gasteiger partial charge >= 0.3 is 0 Å². The summed E-state index contributed by atoms with van der Waals surface area (Å²) < 4.78 is 1.08. The van der Waals surface area contributed by atoms with E-state index in [1.54, 1.807) is 0 Å². The Kier molecular flexibility index (Phi) is 6.77. The number of hydrogen-bond donors (Lipinski definition) is 0. The van der Waals surface area contributed by atoms with E-state index in [1.807, 2.05) is 11.3 Å². The van der Waals surface area contributed by atoms with E-state index >= 15 is 0 Å². The predicted octanol–water partition coefficient (Wildman–Crippen LogP) is 7.18. The summed E-state index contributed by atoms with van der Waals surface area (Å²) in [6, 6.07) is 13.0. The Balaban J connectivity index is 1.61. The average molecular weight is 498 g/mol. The molecule has 31 heavy (non-hydrogen) atoms. The minimum Gasteiger partial charge on any atom is -0.352 e. The molecule has 3 heterocycles. The highest BCUT2D eigenvalue weighted by molar-refractivity contribution is 9.10. The fraction of sp³-hybridized carbons (Fsp3) is 0.360. The van der Waals surface area contributed by atoms with Crippen LogP contribution in [-0.4, -0.2) is 29.6 Å². The van der Waals surface area contributed by atoms with Crippen LogP contribution < -0.4 is 9.80 Å². The Morgan fingerprint density at radius 3 is 2.65 bits per heavy atom. The number of anilines is 3. The Bertz CT molecular complexity index is 1080. The molecule has 0 spiro atoms. The maximum atomic E-state index is 4.98. The van der Waals surface area contributed by atoms with Crippen molar-refractivity contribution in [2.45, 2.75) is 40.0 Å². The third-order valence-corrected chi connectivity index (χ3v) is 7.27. The second-order valence-corrected chi connectivity index (χ2v) is 9.98. The average Bonchev–Trinajstić information content (AvgIpc) is 3.30. The van der Waals surface area contributed by atoms with Crippen molar-refractivity contribution in [3.63, 3.8) is 0 Å². The zero-order valence-electron chi connectivity index (χ0n) is 18.6. The summed E-state index contributed by atoms with van der Waals surface area (Å²) in [4.78, 5) is 15.7. The van der Waals surface area contributed by atoms with Gasteiger partial charge in [-0.1, -0.05) is 32.1 Å². The molecule has 4 rings (SSSR count). The molecule has 4 nitrogen and oxygen atoms in total. The molecule has 162 valence electrons. The highest BCUT2D eigenvalue weighted by Crippen LogP contribution is 2.34. The van der Waals surface area contributed by atoms with Gasteiger partial charge in [0.2, 0.25) is 5.95 Å². The number of halogens is 1. The fourth-order valence-electron chi connectivity index (χ4n) is 3.90. The normalized spacial score (nSPS) is 14.1. The maximum absolute atomic E-state index is 4.98. The zero-order chi connectivity index (χ0) is 22.0. The second-order valence-electron chi connectivity index (χ2n) is 8.18. The Morgan fingerprint density at radius 2 is 2.03 bits per heavy atom. The van der Waals surface area contributed by atoms with Gasteiger partial charge in [-0.25, -0.2) is 4.98 Å². The molecule has 0 unspecified atom stereocenters. The van der Waals surface area contributed by atoms with Gasteiger partial charge in [-0.2, -0.15) is 4.98 Å². The van der Waals surface area contributed by atoms with E-state index in [1.165, 1.54) is 16.0 Å². The largest absolute Gasteiger partial charge is 0.352 e. The van der Waals surface area contributed by atoms with Crippen LogP contribution in [0, 0.1) is 6.92 Å². The fourth-order valence-corrected chi connectivity index (χ4v) is 5.31. The van der Waals surface area contributed by atoms with Crippen LogP contribution in [0.2, 0.25) is 0 Å². The summed E-state index contributed by atoms with van der Waals surface area (Å²) in [6.07, 6.45) is 3.38. The van der Waals surface area contributed by atoms with Crippen LogP contribution in [0.1, 0.15) is 49.2 Å². The molecule has 0 amide bonds. The molecular formula is C25H29BrN4S. The molecule has 0 saturated heterocycles. The number of thiophene rings is 1. The molecule has 2 aromatic heterocycles. The number of aromatic nitrogens is 2. The van der Waals surface area contributed by atoms with Crippen molar-refractivity contribution < 1.29 is 0 Å². The highest BCUT2D eigenvalue weighted by atomic mass is 79.9. The number of benzene rings is 1. The van der Waals surface area contributed by atoms with Crippen LogP contribution in [0.4, 0.5) is 17.5 Å². The van der Waals surface area contributed by atoms with Crippen molar-refractivity contribution in [1.29, 1.82) is 0 Å². The smallest absolute Gasteiger partial charge is 0.232 e. The summed E-state index contributed by atoms with van der Waals surface area (Å²) in [5, 5.41) is 2.15. The number of aryl methyl sites for hydroxylation is 1. The van der Waals surface area contributed by atoms with E-state index in [0.717, 1.165) is 53.7 Å². The van der Waals surface area contributed by atoms with Crippen molar-refractivity contribution in [3.8, 4) is 0 Å². The van der Waals surface area contributed by atoms with E-state index < -0.39 is 0 Å². The summed E-state index contributed by atoms with van der Waals surface area (Å²) in [6.45, 7) is 11.3. The summed E-state index contributed by atoms with van der Waals surface area (Å²) in [7, 11) is 0. The van der Waals surface area contributed by atoms with E-state index in [0.29, 0.717) is 5.92 Å². The van der Waals surface area contributed by atoms with Gasteiger partial charge < -0.3 is 9.80 Å². The van der Waals surface area contributed by atoms with Crippen LogP contribution >= 0.6 is 27.3 Å². The van der Waals surface area contributed by atoms with E-state index in [2.05, 4.69) is 101 Å². The molecule has 0 N–H and O–H groups in total. The monoisotopic (exact) mass is 496 g/mol. The van der Waals surface area contributed by atoms with Crippen molar-refractivity contribution in [2.75, 3.05) is 29.4 Å². The van der Waals surface area contributed by atoms with Crippen molar-refractivity contribution in [1.82, 2.24) is 9.97 Å². The van der Waals surface area contributed by atoms with E-state index in [9.17, 15) is 0 Å². The molecule has 1 aliphatic heterocycles. The van der Waals surface area contributed by atoms with Gasteiger partial charge in [0.15, 0.2) is 0 Å². The van der Waals surface area contributed by atoms with Gasteiger partial charge in [-0.05, 0) is 76.8 Å². The molecule has 0 bridgehead atoms. The minimum absolute atomic E-state index is 0.494. The molecule has 1 aromatic carbocycles. The van der Waals surface area contributed by atoms with E-state index in [-0.39, 0.29) is 0 Å². The minimum atomic E-state index is 0.494. The maximum Gasteiger partial charge on any atom is 0.232 e. The number of nitrogens with zero attached hydrogens (tertiary/aromatic N) is 4. The standard InChI is InChI=1S/C25H29BrN4S/c1-5-30(22-9-8-20(17(2)3)16-21(22)26)25-27-18(4)15-24(28-25)29-12-10-19(11-13-29)23-7-6-14-31-23/h6-10,14-17H,5,11-13H2,1-4H3. The molecule has 6 heteroatoms. The predicted molar refractivity (Wildman–Crippen MR) is 137 cm³/mol. The first-order chi connectivity index (χ1) is 15.0. The molecule has 0 saturated carbocycles. The van der Waals surface area contributed by atoms with Gasteiger partial charge in [0.25, 0.3) is 0 Å². The lowest BCUT2D eigenvalue weighted by atomic mass is 10.0. The highest BCUT2D eigenvalue weighted by Gasteiger charge is 2.20. The molecule has 0 atom stereocenters. The second kappa shape index (κ2) is 9.53. The summed E-state index contributed by atoms with van der Waals surface area (Å²) in [5.41, 5.74) is 4.85. The first-order valence-corrected chi connectivity index (χ1v) is 12.5. The van der Waals surface area contributed by atoms with Gasteiger partial charge in [-0.15, -0.1) is 11.3 Å². The summed E-state index contributed by atoms with van der Waals surface area (Å²) >= 11 is 5.60.